The predicted octanol–water partition coefficient (Wildman–Crippen LogP) is 2.87. The Morgan fingerprint density at radius 1 is 1.54 bits per heavy atom. The Morgan fingerprint density at radius 2 is 2.38 bits per heavy atom. The van der Waals surface area contributed by atoms with Crippen LogP contribution in [0.2, 0.25) is 0 Å². The van der Waals surface area contributed by atoms with Gasteiger partial charge in [0.25, 0.3) is 0 Å². The first-order chi connectivity index (χ1) is 6.34. The third-order valence-corrected chi connectivity index (χ3v) is 2.43. The summed E-state index contributed by atoms with van der Waals surface area (Å²) in [5, 5.41) is 11.1. The van der Waals surface area contributed by atoms with E-state index in [1.54, 1.807) is 6.21 Å². The van der Waals surface area contributed by atoms with Gasteiger partial charge in [0.2, 0.25) is 0 Å². The van der Waals surface area contributed by atoms with E-state index in [-0.39, 0.29) is 6.04 Å². The van der Waals surface area contributed by atoms with E-state index in [0.29, 0.717) is 0 Å². The number of allylic oxidation sites excluding steroid dienone is 1. The second-order valence-corrected chi connectivity index (χ2v) is 3.61. The average molecular weight is 181 g/mol. The number of nitrogens with zero attached hydrogens (tertiary/aromatic N) is 1. The molecule has 0 aliphatic carbocycles. The molecule has 0 saturated carbocycles. The van der Waals surface area contributed by atoms with Crippen molar-refractivity contribution < 1.29 is 4.74 Å². The summed E-state index contributed by atoms with van der Waals surface area (Å²) in [5.41, 5.74) is 0. The van der Waals surface area contributed by atoms with Crippen molar-refractivity contribution in [1.82, 2.24) is 0 Å². The van der Waals surface area contributed by atoms with Crippen LogP contribution in [0.25, 0.3) is 0 Å². The summed E-state index contributed by atoms with van der Waals surface area (Å²) in [7, 11) is 0. The Hall–Kier alpha value is -0.790. The molecule has 2 nitrogen and oxygen atoms in total. The van der Waals surface area contributed by atoms with Crippen molar-refractivity contribution in [3.63, 3.8) is 0 Å². The van der Waals surface area contributed by atoms with Gasteiger partial charge in [-0.3, -0.25) is 0 Å². The monoisotopic (exact) mass is 181 g/mol. The van der Waals surface area contributed by atoms with Crippen LogP contribution in [0.4, 0.5) is 0 Å². The van der Waals surface area contributed by atoms with Crippen LogP contribution in [0.1, 0.15) is 45.4 Å². The molecule has 0 fully saturated rings. The van der Waals surface area contributed by atoms with Gasteiger partial charge in [-0.1, -0.05) is 25.8 Å². The lowest BCUT2D eigenvalue weighted by molar-refractivity contribution is -0.474. The molecule has 0 N–H and O–H groups in total. The molecule has 0 radical (unpaired) electrons. The Labute approximate surface area is 80.5 Å². The molecule has 0 aromatic heterocycles. The molecular weight excluding hydrogens is 162 g/mol. The van der Waals surface area contributed by atoms with Gasteiger partial charge in [0.05, 0.1) is 0 Å². The molecule has 1 rings (SSSR count). The van der Waals surface area contributed by atoms with Gasteiger partial charge < -0.3 is 5.21 Å². The maximum atomic E-state index is 11.1. The van der Waals surface area contributed by atoms with Gasteiger partial charge in [-0.15, -0.1) is 0 Å². The normalized spacial score (nSPS) is 22.5. The van der Waals surface area contributed by atoms with E-state index < -0.39 is 0 Å². The molecule has 1 aliphatic heterocycles. The Bertz CT molecular complexity index is 196. The summed E-state index contributed by atoms with van der Waals surface area (Å²) in [6, 6.07) is 0.127. The van der Waals surface area contributed by atoms with Gasteiger partial charge in [0, 0.05) is 12.8 Å². The van der Waals surface area contributed by atoms with Gasteiger partial charge in [-0.2, -0.15) is 0 Å². The van der Waals surface area contributed by atoms with Crippen molar-refractivity contribution in [2.75, 3.05) is 0 Å². The Balaban J connectivity index is 2.13. The molecular formula is C11H19NO. The summed E-state index contributed by atoms with van der Waals surface area (Å²) in [4.78, 5) is 0. The quantitative estimate of drug-likeness (QED) is 0.277. The van der Waals surface area contributed by atoms with Crippen LogP contribution >= 0.6 is 0 Å². The molecule has 13 heavy (non-hydrogen) atoms. The molecule has 0 amide bonds. The standard InChI is InChI=1S/C11H19NO/c1-2-3-4-5-6-8-11-9-7-10-12(11)13/h6,8,10-11H,2-5,7,9H2,1H3. The molecule has 74 valence electrons. The second-order valence-electron chi connectivity index (χ2n) is 3.61. The minimum Gasteiger partial charge on any atom is -0.624 e. The maximum absolute atomic E-state index is 11.1. The highest BCUT2D eigenvalue weighted by Crippen LogP contribution is 2.09. The van der Waals surface area contributed by atoms with Crippen molar-refractivity contribution in [3.05, 3.63) is 17.4 Å². The second kappa shape index (κ2) is 5.79. The smallest absolute Gasteiger partial charge is 0.181 e. The SMILES string of the molecule is CCCCCC=CC1CCC=[N+]1[O-]. The van der Waals surface area contributed by atoms with Crippen LogP contribution in [-0.4, -0.2) is 17.0 Å². The largest absolute Gasteiger partial charge is 0.624 e. The molecule has 2 heteroatoms. The number of rotatable bonds is 5. The molecule has 1 atom stereocenters. The van der Waals surface area contributed by atoms with Crippen molar-refractivity contribution in [1.29, 1.82) is 0 Å². The summed E-state index contributed by atoms with van der Waals surface area (Å²) >= 11 is 0. The first-order valence-corrected chi connectivity index (χ1v) is 5.30. The molecule has 0 aromatic rings. The lowest BCUT2D eigenvalue weighted by Crippen LogP contribution is -2.12. The highest BCUT2D eigenvalue weighted by Gasteiger charge is 2.17. The summed E-state index contributed by atoms with van der Waals surface area (Å²) in [5.74, 6) is 0. The fourth-order valence-corrected chi connectivity index (χ4v) is 1.58. The first kappa shape index (κ1) is 10.3. The lowest BCUT2D eigenvalue weighted by Gasteiger charge is -2.05. The van der Waals surface area contributed by atoms with Crippen LogP contribution in [0.15, 0.2) is 12.2 Å². The minimum atomic E-state index is 0.127. The van der Waals surface area contributed by atoms with Gasteiger partial charge in [0.15, 0.2) is 12.3 Å². The van der Waals surface area contributed by atoms with Crippen molar-refractivity contribution in [2.24, 2.45) is 0 Å². The van der Waals surface area contributed by atoms with Gasteiger partial charge in [0.1, 0.15) is 0 Å². The van der Waals surface area contributed by atoms with Crippen LogP contribution in [0.3, 0.4) is 0 Å². The first-order valence-electron chi connectivity index (χ1n) is 5.30. The van der Waals surface area contributed by atoms with E-state index in [1.165, 1.54) is 19.3 Å². The van der Waals surface area contributed by atoms with Gasteiger partial charge >= 0.3 is 0 Å². The zero-order valence-corrected chi connectivity index (χ0v) is 8.41. The van der Waals surface area contributed by atoms with E-state index in [9.17, 15) is 5.21 Å². The zero-order valence-electron chi connectivity index (χ0n) is 8.41. The fourth-order valence-electron chi connectivity index (χ4n) is 1.58. The van der Waals surface area contributed by atoms with Crippen molar-refractivity contribution >= 4 is 6.21 Å². The Kier molecular flexibility index (Phi) is 4.58. The summed E-state index contributed by atoms with van der Waals surface area (Å²) in [6.45, 7) is 2.20. The molecule has 0 saturated heterocycles. The Morgan fingerprint density at radius 3 is 3.00 bits per heavy atom. The summed E-state index contributed by atoms with van der Waals surface area (Å²) in [6.07, 6.45) is 12.8. The van der Waals surface area contributed by atoms with Gasteiger partial charge in [-0.05, 0) is 18.9 Å². The highest BCUT2D eigenvalue weighted by molar-refractivity contribution is 5.53. The third kappa shape index (κ3) is 3.62. The minimum absolute atomic E-state index is 0.127. The zero-order chi connectivity index (χ0) is 9.52. The molecule has 1 unspecified atom stereocenters. The van der Waals surface area contributed by atoms with E-state index in [0.717, 1.165) is 24.0 Å². The topological polar surface area (TPSA) is 26.1 Å². The van der Waals surface area contributed by atoms with Crippen LogP contribution in [-0.2, 0) is 0 Å². The molecule has 1 aliphatic rings. The lowest BCUT2D eigenvalue weighted by atomic mass is 10.1. The molecule has 0 spiro atoms. The van der Waals surface area contributed by atoms with Crippen LogP contribution in [0, 0.1) is 5.21 Å². The third-order valence-electron chi connectivity index (χ3n) is 2.43. The number of hydrogen-bond donors (Lipinski definition) is 0. The molecule has 1 heterocycles. The summed E-state index contributed by atoms with van der Waals surface area (Å²) < 4.78 is 1.08. The molecule has 0 bridgehead atoms. The van der Waals surface area contributed by atoms with E-state index in [1.807, 2.05) is 0 Å². The number of unbranched alkanes of at least 4 members (excludes halogenated alkanes) is 3. The van der Waals surface area contributed by atoms with Crippen LogP contribution < -0.4 is 0 Å². The van der Waals surface area contributed by atoms with Crippen molar-refractivity contribution in [3.8, 4) is 0 Å². The number of hydrogen-bond acceptors (Lipinski definition) is 1. The maximum Gasteiger partial charge on any atom is 0.181 e. The highest BCUT2D eigenvalue weighted by atomic mass is 16.5. The van der Waals surface area contributed by atoms with Crippen LogP contribution in [0.5, 0.6) is 0 Å². The average Bonchev–Trinajstić information content (AvgIpc) is 2.52. The number of hydroxylamine groups is 1. The van der Waals surface area contributed by atoms with E-state index in [2.05, 4.69) is 19.1 Å². The molecule has 0 aromatic carbocycles. The van der Waals surface area contributed by atoms with E-state index >= 15 is 0 Å². The van der Waals surface area contributed by atoms with Crippen molar-refractivity contribution in [2.45, 2.75) is 51.5 Å². The van der Waals surface area contributed by atoms with Gasteiger partial charge in [-0.25, -0.2) is 4.74 Å². The fraction of sp³-hybridized carbons (Fsp3) is 0.727. The predicted molar refractivity (Wildman–Crippen MR) is 56.0 cm³/mol. The van der Waals surface area contributed by atoms with E-state index in [4.69, 9.17) is 0 Å².